The third-order valence-corrected chi connectivity index (χ3v) is 7.32. The molecule has 2 aromatic rings. The molecule has 0 saturated heterocycles. The number of halogens is 3. The summed E-state index contributed by atoms with van der Waals surface area (Å²) in [6.45, 7) is 2.71. The van der Waals surface area contributed by atoms with Crippen molar-refractivity contribution in [1.82, 2.24) is 4.31 Å². The number of hydrogen-bond acceptors (Lipinski definition) is 5. The highest BCUT2D eigenvalue weighted by molar-refractivity contribution is 7.89. The van der Waals surface area contributed by atoms with E-state index in [-0.39, 0.29) is 5.75 Å². The molecule has 7 nitrogen and oxygen atoms in total. The molecule has 3 rings (SSSR count). The van der Waals surface area contributed by atoms with Crippen molar-refractivity contribution in [1.29, 1.82) is 0 Å². The largest absolute Gasteiger partial charge is 0.491 e. The van der Waals surface area contributed by atoms with Gasteiger partial charge in [0.15, 0.2) is 6.61 Å². The average Bonchev–Trinajstić information content (AvgIpc) is 2.75. The van der Waals surface area contributed by atoms with E-state index in [0.717, 1.165) is 16.4 Å². The van der Waals surface area contributed by atoms with Crippen molar-refractivity contribution in [3.63, 3.8) is 0 Å². The predicted molar refractivity (Wildman–Crippen MR) is 117 cm³/mol. The highest BCUT2D eigenvalue weighted by atomic mass is 32.2. The quantitative estimate of drug-likeness (QED) is 0.566. The fraction of sp³-hybridized carbons (Fsp3) is 0.435. The Morgan fingerprint density at radius 1 is 1.24 bits per heavy atom. The summed E-state index contributed by atoms with van der Waals surface area (Å²) in [5.41, 5.74) is 0.201. The summed E-state index contributed by atoms with van der Waals surface area (Å²) >= 11 is 0. The van der Waals surface area contributed by atoms with Gasteiger partial charge in [-0.3, -0.25) is 0 Å². The Labute approximate surface area is 196 Å². The lowest BCUT2D eigenvalue weighted by atomic mass is 9.87. The van der Waals surface area contributed by atoms with Gasteiger partial charge in [-0.1, -0.05) is 12.1 Å². The Balaban J connectivity index is 2.02. The van der Waals surface area contributed by atoms with Crippen LogP contribution >= 0.6 is 0 Å². The van der Waals surface area contributed by atoms with Crippen LogP contribution in [0.5, 0.6) is 11.5 Å². The minimum atomic E-state index is -4.76. The molecule has 0 heterocycles. The lowest BCUT2D eigenvalue weighted by Crippen LogP contribution is -2.33. The molecule has 2 aromatic carbocycles. The van der Waals surface area contributed by atoms with Gasteiger partial charge >= 0.3 is 12.1 Å². The van der Waals surface area contributed by atoms with Crippen molar-refractivity contribution in [2.45, 2.75) is 56.3 Å². The van der Waals surface area contributed by atoms with Crippen LogP contribution in [-0.2, 0) is 27.4 Å². The second-order valence-corrected chi connectivity index (χ2v) is 10.3. The van der Waals surface area contributed by atoms with Crippen molar-refractivity contribution >= 4 is 16.0 Å². The number of fused-ring (bicyclic) bond motifs is 1. The summed E-state index contributed by atoms with van der Waals surface area (Å²) in [6, 6.07) is 6.78. The Morgan fingerprint density at radius 2 is 1.94 bits per heavy atom. The summed E-state index contributed by atoms with van der Waals surface area (Å²) in [6.07, 6.45) is -3.61. The number of rotatable bonds is 8. The molecule has 34 heavy (non-hydrogen) atoms. The third kappa shape index (κ3) is 5.64. The summed E-state index contributed by atoms with van der Waals surface area (Å²) in [5.74, 6) is -0.985. The van der Waals surface area contributed by atoms with Gasteiger partial charge in [0, 0.05) is 13.1 Å². The molecule has 1 atom stereocenters. The molecule has 1 aliphatic carbocycles. The van der Waals surface area contributed by atoms with Crippen molar-refractivity contribution in [2.75, 3.05) is 13.7 Å². The van der Waals surface area contributed by atoms with E-state index in [4.69, 9.17) is 14.6 Å². The van der Waals surface area contributed by atoms with Crippen molar-refractivity contribution in [3.05, 3.63) is 53.1 Å². The summed E-state index contributed by atoms with van der Waals surface area (Å²) in [4.78, 5) is 10.4. The molecule has 1 N–H and O–H groups in total. The van der Waals surface area contributed by atoms with Gasteiger partial charge < -0.3 is 14.6 Å². The number of nitrogens with zero attached hydrogens (tertiary/aromatic N) is 1. The fourth-order valence-corrected chi connectivity index (χ4v) is 5.43. The highest BCUT2D eigenvalue weighted by Crippen LogP contribution is 2.41. The van der Waals surface area contributed by atoms with E-state index in [9.17, 15) is 26.4 Å². The second-order valence-electron chi connectivity index (χ2n) is 8.29. The van der Waals surface area contributed by atoms with E-state index >= 15 is 0 Å². The monoisotopic (exact) mass is 501 g/mol. The van der Waals surface area contributed by atoms with Crippen LogP contribution in [0.2, 0.25) is 0 Å². The molecule has 0 radical (unpaired) electrons. The first-order chi connectivity index (χ1) is 15.8. The smallest absolute Gasteiger partial charge is 0.416 e. The van der Waals surface area contributed by atoms with Crippen LogP contribution in [0.25, 0.3) is 0 Å². The van der Waals surface area contributed by atoms with Gasteiger partial charge in [0.1, 0.15) is 11.5 Å². The summed E-state index contributed by atoms with van der Waals surface area (Å²) in [5, 5.41) is 8.91. The molecule has 0 spiro atoms. The molecule has 0 aromatic heterocycles. The van der Waals surface area contributed by atoms with Crippen LogP contribution < -0.4 is 9.47 Å². The van der Waals surface area contributed by atoms with Gasteiger partial charge in [-0.25, -0.2) is 13.2 Å². The minimum Gasteiger partial charge on any atom is -0.491 e. The minimum absolute atomic E-state index is 0.190. The second kappa shape index (κ2) is 9.83. The molecule has 11 heteroatoms. The van der Waals surface area contributed by atoms with Gasteiger partial charge in [-0.2, -0.15) is 17.5 Å². The zero-order valence-electron chi connectivity index (χ0n) is 18.9. The Morgan fingerprint density at radius 3 is 2.56 bits per heavy atom. The van der Waals surface area contributed by atoms with E-state index in [1.165, 1.54) is 7.05 Å². The maximum absolute atomic E-state index is 13.5. The first-order valence-electron chi connectivity index (χ1n) is 10.6. The van der Waals surface area contributed by atoms with Crippen molar-refractivity contribution in [2.24, 2.45) is 0 Å². The zero-order chi connectivity index (χ0) is 25.3. The Kier molecular flexibility index (Phi) is 7.47. The summed E-state index contributed by atoms with van der Waals surface area (Å²) in [7, 11) is -3.02. The number of sulfonamides is 1. The molecular weight excluding hydrogens is 475 g/mol. The number of alkyl halides is 3. The van der Waals surface area contributed by atoms with Crippen LogP contribution in [-0.4, -0.2) is 43.6 Å². The molecule has 0 bridgehead atoms. The molecular formula is C23H26F3NO6S. The topological polar surface area (TPSA) is 93.1 Å². The van der Waals surface area contributed by atoms with E-state index in [1.807, 2.05) is 0 Å². The molecule has 186 valence electrons. The van der Waals surface area contributed by atoms with Crippen LogP contribution in [0.4, 0.5) is 13.2 Å². The van der Waals surface area contributed by atoms with Gasteiger partial charge in [0.2, 0.25) is 10.0 Å². The number of carboxylic acid groups (broad SMARTS) is 1. The number of carbonyl (C=O) groups is 1. The van der Waals surface area contributed by atoms with Crippen LogP contribution in [0, 0.1) is 0 Å². The number of hydrogen-bond donors (Lipinski definition) is 1. The van der Waals surface area contributed by atoms with Gasteiger partial charge in [0.05, 0.1) is 22.6 Å². The normalized spacial score (nSPS) is 16.4. The first kappa shape index (κ1) is 25.8. The standard InChI is InChI=1S/C23H26F3NO6S/c1-14(2)33-16-10-15(23(24,25)26)11-17(12-16)34(30,31)27(3)20-8-4-7-19-18(20)6-5-9-21(19)32-13-22(28)29/h5-6,9-12,14,20H,4,7-8,13H2,1-3H3,(H,28,29)/t20-/m1/s1. The fourth-order valence-electron chi connectivity index (χ4n) is 4.00. The number of benzene rings is 2. The maximum atomic E-state index is 13.5. The number of ether oxygens (including phenoxy) is 2. The molecule has 0 amide bonds. The maximum Gasteiger partial charge on any atom is 0.416 e. The zero-order valence-corrected chi connectivity index (χ0v) is 19.7. The number of carboxylic acids is 1. The van der Waals surface area contributed by atoms with Crippen molar-refractivity contribution in [3.8, 4) is 11.5 Å². The highest BCUT2D eigenvalue weighted by Gasteiger charge is 2.37. The summed E-state index contributed by atoms with van der Waals surface area (Å²) < 4.78 is 79.1. The van der Waals surface area contributed by atoms with Crippen molar-refractivity contribution < 1.29 is 41.0 Å². The van der Waals surface area contributed by atoms with E-state index < -0.39 is 51.4 Å². The van der Waals surface area contributed by atoms with Crippen LogP contribution in [0.15, 0.2) is 41.3 Å². The number of aliphatic carboxylic acids is 1. The van der Waals surface area contributed by atoms with E-state index in [1.54, 1.807) is 32.0 Å². The third-order valence-electron chi connectivity index (χ3n) is 5.48. The molecule has 0 saturated carbocycles. The lowest BCUT2D eigenvalue weighted by Gasteiger charge is -2.33. The molecule has 1 aliphatic rings. The van der Waals surface area contributed by atoms with Crippen LogP contribution in [0.3, 0.4) is 0 Å². The van der Waals surface area contributed by atoms with Crippen LogP contribution in [0.1, 0.15) is 49.4 Å². The Hall–Kier alpha value is -2.79. The van der Waals surface area contributed by atoms with E-state index in [0.29, 0.717) is 42.2 Å². The molecule has 0 unspecified atom stereocenters. The predicted octanol–water partition coefficient (Wildman–Crippen LogP) is 4.65. The van der Waals surface area contributed by atoms with Gasteiger partial charge in [0.25, 0.3) is 0 Å². The van der Waals surface area contributed by atoms with Gasteiger partial charge in [-0.05, 0) is 62.4 Å². The molecule has 0 aliphatic heterocycles. The van der Waals surface area contributed by atoms with Gasteiger partial charge in [-0.15, -0.1) is 0 Å². The SMILES string of the molecule is CC(C)Oc1cc(C(F)(F)F)cc(S(=O)(=O)N(C)[C@@H]2CCCc3c(OCC(=O)O)cccc32)c1. The average molecular weight is 502 g/mol. The molecule has 0 fully saturated rings. The lowest BCUT2D eigenvalue weighted by molar-refractivity contribution is -0.139. The first-order valence-corrected chi connectivity index (χ1v) is 12.1. The van der Waals surface area contributed by atoms with E-state index in [2.05, 4.69) is 0 Å². The Bertz CT molecular complexity index is 1160.